The molecule has 2 N–H and O–H groups in total. The summed E-state index contributed by atoms with van der Waals surface area (Å²) < 4.78 is 2.09. The van der Waals surface area contributed by atoms with Crippen LogP contribution in [0.3, 0.4) is 0 Å². The monoisotopic (exact) mass is 398 g/mol. The molecule has 156 valence electrons. The number of imidazole rings is 1. The summed E-state index contributed by atoms with van der Waals surface area (Å²) in [6, 6.07) is 5.00. The van der Waals surface area contributed by atoms with Gasteiger partial charge in [-0.2, -0.15) is 0 Å². The first-order valence-corrected chi connectivity index (χ1v) is 9.94. The van der Waals surface area contributed by atoms with Crippen LogP contribution in [0.1, 0.15) is 43.4 Å². The molecule has 1 aliphatic rings. The number of hydrogen-bond donors (Lipinski definition) is 2. The molecule has 0 aromatic carbocycles. The van der Waals surface area contributed by atoms with Crippen LogP contribution < -0.4 is 10.6 Å². The molecule has 2 aromatic rings. The van der Waals surface area contributed by atoms with Crippen LogP contribution in [-0.2, 0) is 17.9 Å². The van der Waals surface area contributed by atoms with Crippen LogP contribution in [0.4, 0.5) is 0 Å². The van der Waals surface area contributed by atoms with Crippen molar-refractivity contribution in [2.24, 2.45) is 5.41 Å². The van der Waals surface area contributed by atoms with Gasteiger partial charge in [0, 0.05) is 26.3 Å². The van der Waals surface area contributed by atoms with Crippen molar-refractivity contribution in [1.29, 1.82) is 0 Å². The summed E-state index contributed by atoms with van der Waals surface area (Å²) in [5.41, 5.74) is 1.51. The molecule has 0 saturated carbocycles. The van der Waals surface area contributed by atoms with Gasteiger partial charge >= 0.3 is 0 Å². The fraction of sp³-hybridized carbons (Fsp3) is 0.524. The highest BCUT2D eigenvalue weighted by molar-refractivity contribution is 5.97. The number of hydrogen-bond acceptors (Lipinski definition) is 5. The number of pyridine rings is 1. The van der Waals surface area contributed by atoms with Gasteiger partial charge in [0.15, 0.2) is 11.5 Å². The van der Waals surface area contributed by atoms with Gasteiger partial charge in [0.25, 0.3) is 5.91 Å². The number of amides is 2. The van der Waals surface area contributed by atoms with E-state index >= 15 is 0 Å². The Bertz CT molecular complexity index is 885. The second-order valence-corrected chi connectivity index (χ2v) is 8.58. The van der Waals surface area contributed by atoms with Crippen LogP contribution in [0, 0.1) is 5.41 Å². The number of nitrogens with zero attached hydrogens (tertiary/aromatic N) is 4. The first-order chi connectivity index (χ1) is 13.7. The van der Waals surface area contributed by atoms with E-state index < -0.39 is 11.5 Å². The quantitative estimate of drug-likeness (QED) is 0.817. The van der Waals surface area contributed by atoms with Gasteiger partial charge in [-0.15, -0.1) is 0 Å². The maximum absolute atomic E-state index is 13.3. The zero-order chi connectivity index (χ0) is 21.2. The van der Waals surface area contributed by atoms with Crippen LogP contribution in [-0.4, -0.2) is 57.9 Å². The average Bonchev–Trinajstić information content (AvgIpc) is 2.92. The van der Waals surface area contributed by atoms with Gasteiger partial charge in [0.05, 0.1) is 5.69 Å². The van der Waals surface area contributed by atoms with E-state index in [0.717, 1.165) is 30.9 Å². The highest BCUT2D eigenvalue weighted by Gasteiger charge is 2.34. The zero-order valence-corrected chi connectivity index (χ0v) is 17.8. The summed E-state index contributed by atoms with van der Waals surface area (Å²) in [6.07, 6.45) is 2.68. The Labute approximate surface area is 171 Å². The maximum Gasteiger partial charge on any atom is 0.272 e. The molecular formula is C21H30N6O2. The average molecular weight is 399 g/mol. The SMILES string of the molecule is CNC(=O)C(NC(=O)c1nc(-c2ccccn2)n2c1CN(C)CCC2)C(C)(C)C. The van der Waals surface area contributed by atoms with Crippen molar-refractivity contribution in [3.63, 3.8) is 0 Å². The Morgan fingerprint density at radius 3 is 2.59 bits per heavy atom. The summed E-state index contributed by atoms with van der Waals surface area (Å²) in [7, 11) is 3.61. The number of aromatic nitrogens is 3. The van der Waals surface area contributed by atoms with Crippen LogP contribution in [0.25, 0.3) is 11.5 Å². The van der Waals surface area contributed by atoms with E-state index in [0.29, 0.717) is 18.1 Å². The van der Waals surface area contributed by atoms with E-state index in [1.54, 1.807) is 13.2 Å². The molecule has 1 unspecified atom stereocenters. The van der Waals surface area contributed by atoms with E-state index in [1.807, 2.05) is 46.0 Å². The molecule has 0 radical (unpaired) electrons. The number of nitrogens with one attached hydrogen (secondary N) is 2. The minimum atomic E-state index is -0.667. The number of rotatable bonds is 4. The van der Waals surface area contributed by atoms with Crippen molar-refractivity contribution in [3.8, 4) is 11.5 Å². The third-order valence-electron chi connectivity index (χ3n) is 5.17. The Kier molecular flexibility index (Phi) is 6.02. The Morgan fingerprint density at radius 2 is 1.97 bits per heavy atom. The highest BCUT2D eigenvalue weighted by atomic mass is 16.2. The molecule has 8 nitrogen and oxygen atoms in total. The topological polar surface area (TPSA) is 92.1 Å². The molecule has 0 aliphatic carbocycles. The maximum atomic E-state index is 13.3. The molecule has 1 atom stereocenters. The van der Waals surface area contributed by atoms with Crippen molar-refractivity contribution in [2.75, 3.05) is 20.6 Å². The van der Waals surface area contributed by atoms with E-state index in [1.165, 1.54) is 0 Å². The van der Waals surface area contributed by atoms with Crippen LogP contribution >= 0.6 is 0 Å². The second kappa shape index (κ2) is 8.32. The molecule has 1 aliphatic heterocycles. The van der Waals surface area contributed by atoms with Gasteiger partial charge < -0.3 is 20.1 Å². The molecule has 0 spiro atoms. The predicted octanol–water partition coefficient (Wildman–Crippen LogP) is 1.67. The molecule has 0 fully saturated rings. The van der Waals surface area contributed by atoms with E-state index in [4.69, 9.17) is 0 Å². The first kappa shape index (κ1) is 21.0. The number of fused-ring (bicyclic) bond motifs is 1. The summed E-state index contributed by atoms with van der Waals surface area (Å²) in [5, 5.41) is 5.55. The fourth-order valence-electron chi connectivity index (χ4n) is 3.61. The van der Waals surface area contributed by atoms with Gasteiger partial charge in [-0.25, -0.2) is 4.98 Å². The van der Waals surface area contributed by atoms with Gasteiger partial charge in [-0.3, -0.25) is 14.6 Å². The minimum Gasteiger partial charge on any atom is -0.357 e. The van der Waals surface area contributed by atoms with Crippen molar-refractivity contribution in [1.82, 2.24) is 30.1 Å². The molecular weight excluding hydrogens is 368 g/mol. The Balaban J connectivity index is 2.03. The second-order valence-electron chi connectivity index (χ2n) is 8.58. The Hall–Kier alpha value is -2.74. The molecule has 3 heterocycles. The molecule has 0 saturated heterocycles. The third-order valence-corrected chi connectivity index (χ3v) is 5.17. The van der Waals surface area contributed by atoms with Crippen molar-refractivity contribution < 1.29 is 9.59 Å². The molecule has 29 heavy (non-hydrogen) atoms. The lowest BCUT2D eigenvalue weighted by molar-refractivity contribution is -0.124. The van der Waals surface area contributed by atoms with E-state index in [9.17, 15) is 9.59 Å². The minimum absolute atomic E-state index is 0.224. The van der Waals surface area contributed by atoms with Crippen molar-refractivity contribution in [2.45, 2.75) is 46.3 Å². The number of carbonyl (C=O) groups excluding carboxylic acids is 2. The number of carbonyl (C=O) groups is 2. The van der Waals surface area contributed by atoms with Gasteiger partial charge in [0.1, 0.15) is 11.7 Å². The zero-order valence-electron chi connectivity index (χ0n) is 17.8. The number of likely N-dealkylation sites (N-methyl/N-ethyl adjacent to an activating group) is 1. The smallest absolute Gasteiger partial charge is 0.272 e. The van der Waals surface area contributed by atoms with Crippen LogP contribution in [0.2, 0.25) is 0 Å². The third kappa shape index (κ3) is 4.48. The summed E-state index contributed by atoms with van der Waals surface area (Å²) in [6.45, 7) is 8.09. The normalized spacial score (nSPS) is 15.9. The van der Waals surface area contributed by atoms with Gasteiger partial charge in [-0.1, -0.05) is 26.8 Å². The lowest BCUT2D eigenvalue weighted by Gasteiger charge is -2.29. The van der Waals surface area contributed by atoms with Crippen molar-refractivity contribution >= 4 is 11.8 Å². The molecule has 0 bridgehead atoms. The summed E-state index contributed by atoms with van der Waals surface area (Å²) in [5.74, 6) is 0.126. The predicted molar refractivity (Wildman–Crippen MR) is 111 cm³/mol. The molecule has 2 amide bonds. The summed E-state index contributed by atoms with van der Waals surface area (Å²) >= 11 is 0. The van der Waals surface area contributed by atoms with Crippen molar-refractivity contribution in [3.05, 3.63) is 35.8 Å². The Morgan fingerprint density at radius 1 is 1.21 bits per heavy atom. The first-order valence-electron chi connectivity index (χ1n) is 9.94. The molecule has 2 aromatic heterocycles. The van der Waals surface area contributed by atoms with Crippen LogP contribution in [0.15, 0.2) is 24.4 Å². The largest absolute Gasteiger partial charge is 0.357 e. The lowest BCUT2D eigenvalue weighted by Crippen LogP contribution is -2.53. The van der Waals surface area contributed by atoms with Gasteiger partial charge in [-0.05, 0) is 37.6 Å². The molecule has 8 heteroatoms. The lowest BCUT2D eigenvalue weighted by atomic mass is 9.86. The van der Waals surface area contributed by atoms with Crippen LogP contribution in [0.5, 0.6) is 0 Å². The van der Waals surface area contributed by atoms with Gasteiger partial charge in [0.2, 0.25) is 5.91 Å². The van der Waals surface area contributed by atoms with E-state index in [2.05, 4.69) is 30.1 Å². The van der Waals surface area contributed by atoms with E-state index in [-0.39, 0.29) is 11.8 Å². The standard InChI is InChI=1S/C21H30N6O2/c1-21(2,3)17(20(29)22-4)25-19(28)16-15-13-26(5)11-8-12-27(15)18(24-16)14-9-6-7-10-23-14/h6-7,9-10,17H,8,11-13H2,1-5H3,(H,22,29)(H,25,28). The summed E-state index contributed by atoms with van der Waals surface area (Å²) in [4.78, 5) is 36.9. The highest BCUT2D eigenvalue weighted by Crippen LogP contribution is 2.26. The fourth-order valence-corrected chi connectivity index (χ4v) is 3.61. The molecule has 3 rings (SSSR count).